The smallest absolute Gasteiger partial charge is 0.255 e. The lowest BCUT2D eigenvalue weighted by molar-refractivity contribution is -0.122. The lowest BCUT2D eigenvalue weighted by atomic mass is 10.1. The Kier molecular flexibility index (Phi) is 8.42. The zero-order valence-corrected chi connectivity index (χ0v) is 19.1. The number of carbonyl (C=O) groups excluding carboxylic acids is 2. The van der Waals surface area contributed by atoms with Gasteiger partial charge in [0.05, 0.1) is 6.54 Å². The minimum atomic E-state index is -0.149. The van der Waals surface area contributed by atoms with Crippen LogP contribution < -0.4 is 10.6 Å². The third kappa shape index (κ3) is 6.94. The Morgan fingerprint density at radius 2 is 1.69 bits per heavy atom. The molecule has 0 aliphatic carbocycles. The van der Waals surface area contributed by atoms with Crippen LogP contribution in [0.4, 0.5) is 5.69 Å². The van der Waals surface area contributed by atoms with Gasteiger partial charge in [-0.25, -0.2) is 0 Å². The first-order valence-electron chi connectivity index (χ1n) is 10.6. The van der Waals surface area contributed by atoms with E-state index in [4.69, 9.17) is 11.6 Å². The van der Waals surface area contributed by atoms with Gasteiger partial charge in [0, 0.05) is 28.9 Å². The van der Waals surface area contributed by atoms with E-state index in [9.17, 15) is 9.59 Å². The molecule has 0 unspecified atom stereocenters. The first kappa shape index (κ1) is 23.5. The number of nitrogens with zero attached hydrogens (tertiary/aromatic N) is 1. The molecular formula is C26H28ClN3O2. The molecule has 6 heteroatoms. The Labute approximate surface area is 194 Å². The topological polar surface area (TPSA) is 61.4 Å². The summed E-state index contributed by atoms with van der Waals surface area (Å²) < 4.78 is 0. The van der Waals surface area contributed by atoms with Crippen molar-refractivity contribution < 1.29 is 9.59 Å². The van der Waals surface area contributed by atoms with Crippen LogP contribution in [0, 0.1) is 0 Å². The average Bonchev–Trinajstić information content (AvgIpc) is 2.80. The lowest BCUT2D eigenvalue weighted by Gasteiger charge is -2.25. The summed E-state index contributed by atoms with van der Waals surface area (Å²) in [4.78, 5) is 26.8. The van der Waals surface area contributed by atoms with Gasteiger partial charge in [-0.15, -0.1) is 0 Å². The van der Waals surface area contributed by atoms with Crippen molar-refractivity contribution in [2.45, 2.75) is 19.4 Å². The fourth-order valence-electron chi connectivity index (χ4n) is 3.34. The SMILES string of the molecule is C[C@@H](c1cccc(NC(=O)c2ccccc2)c1)N(C)CC(=O)NCCc1ccc(Cl)cc1. The number of nitrogens with one attached hydrogen (secondary N) is 2. The van der Waals surface area contributed by atoms with Gasteiger partial charge in [-0.2, -0.15) is 0 Å². The van der Waals surface area contributed by atoms with Crippen molar-refractivity contribution in [3.63, 3.8) is 0 Å². The molecule has 0 aliphatic rings. The third-order valence-electron chi connectivity index (χ3n) is 5.37. The molecule has 5 nitrogen and oxygen atoms in total. The maximum Gasteiger partial charge on any atom is 0.255 e. The van der Waals surface area contributed by atoms with Gasteiger partial charge in [0.2, 0.25) is 5.91 Å². The molecule has 0 spiro atoms. The Morgan fingerprint density at radius 1 is 0.969 bits per heavy atom. The molecule has 0 saturated carbocycles. The summed E-state index contributed by atoms with van der Waals surface area (Å²) >= 11 is 5.90. The Morgan fingerprint density at radius 3 is 2.41 bits per heavy atom. The molecular weight excluding hydrogens is 422 g/mol. The van der Waals surface area contributed by atoms with Crippen LogP contribution >= 0.6 is 11.6 Å². The number of hydrogen-bond donors (Lipinski definition) is 2. The summed E-state index contributed by atoms with van der Waals surface area (Å²) in [6.07, 6.45) is 0.755. The molecule has 0 aromatic heterocycles. The minimum Gasteiger partial charge on any atom is -0.355 e. The fraction of sp³-hybridized carbons (Fsp3) is 0.231. The number of carbonyl (C=O) groups is 2. The van der Waals surface area contributed by atoms with Crippen molar-refractivity contribution in [2.75, 3.05) is 25.5 Å². The molecule has 3 aromatic rings. The third-order valence-corrected chi connectivity index (χ3v) is 5.62. The molecule has 32 heavy (non-hydrogen) atoms. The first-order chi connectivity index (χ1) is 15.4. The van der Waals surface area contributed by atoms with Crippen molar-refractivity contribution >= 4 is 29.1 Å². The molecule has 0 fully saturated rings. The molecule has 0 radical (unpaired) electrons. The lowest BCUT2D eigenvalue weighted by Crippen LogP contribution is -2.37. The van der Waals surface area contributed by atoms with Gasteiger partial charge in [-0.05, 0) is 67.9 Å². The van der Waals surface area contributed by atoms with Crippen molar-refractivity contribution in [2.24, 2.45) is 0 Å². The van der Waals surface area contributed by atoms with E-state index in [0.717, 1.165) is 23.2 Å². The summed E-state index contributed by atoms with van der Waals surface area (Å²) in [6.45, 7) is 2.89. The van der Waals surface area contributed by atoms with E-state index < -0.39 is 0 Å². The first-order valence-corrected chi connectivity index (χ1v) is 11.0. The van der Waals surface area contributed by atoms with Crippen LogP contribution in [0.3, 0.4) is 0 Å². The van der Waals surface area contributed by atoms with Crippen molar-refractivity contribution in [1.29, 1.82) is 0 Å². The van der Waals surface area contributed by atoms with E-state index in [1.807, 2.05) is 85.6 Å². The summed E-state index contributed by atoms with van der Waals surface area (Å²) in [5, 5.41) is 6.61. The molecule has 3 aromatic carbocycles. The number of rotatable bonds is 9. The van der Waals surface area contributed by atoms with Crippen LogP contribution in [0.5, 0.6) is 0 Å². The number of amides is 2. The van der Waals surface area contributed by atoms with Gasteiger partial charge < -0.3 is 10.6 Å². The van der Waals surface area contributed by atoms with E-state index in [1.165, 1.54) is 0 Å². The highest BCUT2D eigenvalue weighted by atomic mass is 35.5. The second-order valence-electron chi connectivity index (χ2n) is 7.76. The predicted molar refractivity (Wildman–Crippen MR) is 130 cm³/mol. The second-order valence-corrected chi connectivity index (χ2v) is 8.20. The fourth-order valence-corrected chi connectivity index (χ4v) is 3.47. The molecule has 2 N–H and O–H groups in total. The van der Waals surface area contributed by atoms with Crippen LogP contribution in [0.15, 0.2) is 78.9 Å². The summed E-state index contributed by atoms with van der Waals surface area (Å²) in [7, 11) is 1.92. The Bertz CT molecular complexity index is 1040. The van der Waals surface area contributed by atoms with Crippen molar-refractivity contribution in [3.05, 3.63) is 101 Å². The van der Waals surface area contributed by atoms with Crippen LogP contribution in [0.25, 0.3) is 0 Å². The molecule has 1 atom stereocenters. The predicted octanol–water partition coefficient (Wildman–Crippen LogP) is 4.94. The molecule has 0 aliphatic heterocycles. The van der Waals surface area contributed by atoms with E-state index >= 15 is 0 Å². The number of halogens is 1. The summed E-state index contributed by atoms with van der Waals surface area (Å²) in [5.41, 5.74) is 3.49. The van der Waals surface area contributed by atoms with Crippen molar-refractivity contribution in [3.8, 4) is 0 Å². The monoisotopic (exact) mass is 449 g/mol. The second kappa shape index (κ2) is 11.5. The van der Waals surface area contributed by atoms with Gasteiger partial charge >= 0.3 is 0 Å². The maximum absolute atomic E-state index is 12.4. The van der Waals surface area contributed by atoms with E-state index in [2.05, 4.69) is 10.6 Å². The average molecular weight is 450 g/mol. The van der Waals surface area contributed by atoms with Gasteiger partial charge in [0.25, 0.3) is 5.91 Å². The number of hydrogen-bond acceptors (Lipinski definition) is 3. The number of anilines is 1. The maximum atomic E-state index is 12.4. The van der Waals surface area contributed by atoms with Gasteiger partial charge in [-0.3, -0.25) is 14.5 Å². The highest BCUT2D eigenvalue weighted by Crippen LogP contribution is 2.22. The zero-order chi connectivity index (χ0) is 22.9. The zero-order valence-electron chi connectivity index (χ0n) is 18.3. The minimum absolute atomic E-state index is 0.00518. The molecule has 0 heterocycles. The highest BCUT2D eigenvalue weighted by molar-refractivity contribution is 6.30. The van der Waals surface area contributed by atoms with Crippen LogP contribution in [-0.4, -0.2) is 36.9 Å². The molecule has 0 saturated heterocycles. The van der Waals surface area contributed by atoms with Crippen LogP contribution in [0.2, 0.25) is 5.02 Å². The Hall–Kier alpha value is -3.15. The van der Waals surface area contributed by atoms with E-state index in [0.29, 0.717) is 17.1 Å². The van der Waals surface area contributed by atoms with Crippen LogP contribution in [-0.2, 0) is 11.2 Å². The molecule has 0 bridgehead atoms. The number of benzene rings is 3. The molecule has 2 amide bonds. The van der Waals surface area contributed by atoms with Gasteiger partial charge in [0.15, 0.2) is 0 Å². The van der Waals surface area contributed by atoms with Gasteiger partial charge in [0.1, 0.15) is 0 Å². The summed E-state index contributed by atoms with van der Waals surface area (Å²) in [5.74, 6) is -0.175. The highest BCUT2D eigenvalue weighted by Gasteiger charge is 2.16. The van der Waals surface area contributed by atoms with Crippen molar-refractivity contribution in [1.82, 2.24) is 10.2 Å². The van der Waals surface area contributed by atoms with E-state index in [-0.39, 0.29) is 24.4 Å². The summed E-state index contributed by atoms with van der Waals surface area (Å²) in [6, 6.07) is 24.5. The quantitative estimate of drug-likeness (QED) is 0.486. The number of likely N-dealkylation sites (N-methyl/N-ethyl adjacent to an activating group) is 1. The largest absolute Gasteiger partial charge is 0.355 e. The standard InChI is InChI=1S/C26H28ClN3O2/c1-19(30(2)18-25(31)28-16-15-20-11-13-23(27)14-12-20)22-9-6-10-24(17-22)29-26(32)21-7-4-3-5-8-21/h3-14,17,19H,15-16,18H2,1-2H3,(H,28,31)(H,29,32)/t19-/m0/s1. The Balaban J connectivity index is 1.50. The normalized spacial score (nSPS) is 11.8. The van der Waals surface area contributed by atoms with Crippen LogP contribution in [0.1, 0.15) is 34.5 Å². The van der Waals surface area contributed by atoms with E-state index in [1.54, 1.807) is 12.1 Å². The van der Waals surface area contributed by atoms with Gasteiger partial charge in [-0.1, -0.05) is 54.1 Å². The molecule has 166 valence electrons. The molecule has 3 rings (SSSR count).